The van der Waals surface area contributed by atoms with Crippen LogP contribution in [0.5, 0.6) is 0 Å². The number of allylic oxidation sites excluding steroid dienone is 3. The maximum absolute atomic E-state index is 12.3. The van der Waals surface area contributed by atoms with Gasteiger partial charge in [-0.25, -0.2) is 0 Å². The molecule has 0 amide bonds. The second kappa shape index (κ2) is 10.8. The molecule has 0 spiro atoms. The van der Waals surface area contributed by atoms with Crippen molar-refractivity contribution in [1.29, 1.82) is 0 Å². The number of carbonyl (C=O) groups excluding carboxylic acids is 1. The zero-order valence-corrected chi connectivity index (χ0v) is 16.7. The van der Waals surface area contributed by atoms with E-state index in [0.717, 1.165) is 57.8 Å². The lowest BCUT2D eigenvalue weighted by Gasteiger charge is -2.44. The summed E-state index contributed by atoms with van der Waals surface area (Å²) in [5.41, 5.74) is 0.00522. The monoisotopic (exact) mass is 376 g/mol. The predicted octanol–water partition coefficient (Wildman–Crippen LogP) is 5.06. The zero-order chi connectivity index (χ0) is 19.7. The Balaban J connectivity index is 1.80. The van der Waals surface area contributed by atoms with Gasteiger partial charge in [-0.2, -0.15) is 0 Å². The third kappa shape index (κ3) is 6.31. The van der Waals surface area contributed by atoms with Gasteiger partial charge >= 0.3 is 5.97 Å². The van der Waals surface area contributed by atoms with E-state index >= 15 is 0 Å². The van der Waals surface area contributed by atoms with Gasteiger partial charge < -0.3 is 10.2 Å². The maximum atomic E-state index is 12.3. The molecule has 152 valence electrons. The number of ketones is 1. The van der Waals surface area contributed by atoms with Crippen molar-refractivity contribution in [3.63, 3.8) is 0 Å². The molecule has 0 aromatic heterocycles. The average molecular weight is 377 g/mol. The fourth-order valence-corrected chi connectivity index (χ4v) is 4.59. The average Bonchev–Trinajstić information content (AvgIpc) is 2.95. The minimum absolute atomic E-state index is 0.00522. The SMILES string of the molecule is CC=CCC1(C(O)C=C[C@H]2CCC(=O)[C@@H]2CCCCCCC(=O)O)CCC1. The van der Waals surface area contributed by atoms with Crippen molar-refractivity contribution in [2.75, 3.05) is 0 Å². The van der Waals surface area contributed by atoms with Gasteiger partial charge in [0.1, 0.15) is 5.78 Å². The molecule has 0 aliphatic heterocycles. The molecule has 2 saturated carbocycles. The molecule has 27 heavy (non-hydrogen) atoms. The normalized spacial score (nSPS) is 25.9. The van der Waals surface area contributed by atoms with Crippen molar-refractivity contribution in [2.45, 2.75) is 90.1 Å². The van der Waals surface area contributed by atoms with Crippen LogP contribution < -0.4 is 0 Å². The van der Waals surface area contributed by atoms with E-state index < -0.39 is 12.1 Å². The summed E-state index contributed by atoms with van der Waals surface area (Å²) in [4.78, 5) is 22.8. The third-order valence-electron chi connectivity index (χ3n) is 6.59. The number of Topliss-reactive ketones (excluding diaryl/α,β-unsaturated/α-hetero) is 1. The van der Waals surface area contributed by atoms with Crippen LogP contribution in [0.4, 0.5) is 0 Å². The quantitative estimate of drug-likeness (QED) is 0.369. The highest BCUT2D eigenvalue weighted by atomic mass is 16.4. The van der Waals surface area contributed by atoms with Gasteiger partial charge in [-0.1, -0.05) is 50.0 Å². The number of aliphatic hydroxyl groups is 1. The summed E-state index contributed by atoms with van der Waals surface area (Å²) in [6, 6.07) is 0. The van der Waals surface area contributed by atoms with Crippen molar-refractivity contribution in [2.24, 2.45) is 17.3 Å². The van der Waals surface area contributed by atoms with Gasteiger partial charge in [0.05, 0.1) is 6.10 Å². The molecule has 0 radical (unpaired) electrons. The highest BCUT2D eigenvalue weighted by molar-refractivity contribution is 5.83. The van der Waals surface area contributed by atoms with Crippen LogP contribution in [-0.2, 0) is 9.59 Å². The largest absolute Gasteiger partial charge is 0.481 e. The van der Waals surface area contributed by atoms with Gasteiger partial charge in [-0.15, -0.1) is 0 Å². The van der Waals surface area contributed by atoms with Gasteiger partial charge in [0.2, 0.25) is 0 Å². The van der Waals surface area contributed by atoms with Crippen LogP contribution in [0.25, 0.3) is 0 Å². The molecule has 0 saturated heterocycles. The van der Waals surface area contributed by atoms with E-state index in [1.165, 1.54) is 6.42 Å². The molecule has 2 rings (SSSR count). The first-order valence-electron chi connectivity index (χ1n) is 10.7. The summed E-state index contributed by atoms with van der Waals surface area (Å²) in [6.07, 6.45) is 18.4. The molecule has 2 aliphatic carbocycles. The number of unbranched alkanes of at least 4 members (excludes halogenated alkanes) is 3. The number of carboxylic acid groups (broad SMARTS) is 1. The summed E-state index contributed by atoms with van der Waals surface area (Å²) >= 11 is 0. The van der Waals surface area contributed by atoms with Crippen molar-refractivity contribution >= 4 is 11.8 Å². The summed E-state index contributed by atoms with van der Waals surface area (Å²) in [6.45, 7) is 2.02. The van der Waals surface area contributed by atoms with Gasteiger partial charge in [0, 0.05) is 24.2 Å². The van der Waals surface area contributed by atoms with Gasteiger partial charge in [-0.3, -0.25) is 9.59 Å². The second-order valence-electron chi connectivity index (χ2n) is 8.44. The third-order valence-corrected chi connectivity index (χ3v) is 6.59. The van der Waals surface area contributed by atoms with Crippen molar-refractivity contribution in [1.82, 2.24) is 0 Å². The highest BCUT2D eigenvalue weighted by Crippen LogP contribution is 2.48. The van der Waals surface area contributed by atoms with E-state index in [-0.39, 0.29) is 23.7 Å². The molecular weight excluding hydrogens is 340 g/mol. The van der Waals surface area contributed by atoms with Crippen LogP contribution in [0.2, 0.25) is 0 Å². The van der Waals surface area contributed by atoms with Crippen LogP contribution >= 0.6 is 0 Å². The zero-order valence-electron chi connectivity index (χ0n) is 16.7. The molecule has 2 aliphatic rings. The Labute approximate surface area is 163 Å². The van der Waals surface area contributed by atoms with Crippen LogP contribution in [0.1, 0.15) is 84.0 Å². The predicted molar refractivity (Wildman–Crippen MR) is 107 cm³/mol. The molecule has 0 aromatic carbocycles. The first-order valence-corrected chi connectivity index (χ1v) is 10.7. The number of carbonyl (C=O) groups is 2. The molecule has 1 unspecified atom stereocenters. The van der Waals surface area contributed by atoms with Crippen molar-refractivity contribution < 1.29 is 19.8 Å². The van der Waals surface area contributed by atoms with Gasteiger partial charge in [0.25, 0.3) is 0 Å². The number of hydrogen-bond acceptors (Lipinski definition) is 3. The molecule has 2 N–H and O–H groups in total. The lowest BCUT2D eigenvalue weighted by Crippen LogP contribution is -2.40. The van der Waals surface area contributed by atoms with Crippen LogP contribution in [0.15, 0.2) is 24.3 Å². The van der Waals surface area contributed by atoms with E-state index in [4.69, 9.17) is 5.11 Å². The molecule has 0 heterocycles. The van der Waals surface area contributed by atoms with Crippen molar-refractivity contribution in [3.8, 4) is 0 Å². The van der Waals surface area contributed by atoms with E-state index in [0.29, 0.717) is 12.2 Å². The van der Waals surface area contributed by atoms with Crippen LogP contribution in [0, 0.1) is 17.3 Å². The number of aliphatic hydroxyl groups excluding tert-OH is 1. The minimum Gasteiger partial charge on any atom is -0.481 e. The molecule has 4 heteroatoms. The Morgan fingerprint density at radius 2 is 2.00 bits per heavy atom. The van der Waals surface area contributed by atoms with Crippen LogP contribution in [0.3, 0.4) is 0 Å². The highest BCUT2D eigenvalue weighted by Gasteiger charge is 2.41. The Bertz CT molecular complexity index is 545. The summed E-state index contributed by atoms with van der Waals surface area (Å²) in [5, 5.41) is 19.4. The van der Waals surface area contributed by atoms with E-state index in [2.05, 4.69) is 18.2 Å². The Morgan fingerprint density at radius 3 is 2.63 bits per heavy atom. The fraction of sp³-hybridized carbons (Fsp3) is 0.739. The number of hydrogen-bond donors (Lipinski definition) is 2. The number of rotatable bonds is 12. The maximum Gasteiger partial charge on any atom is 0.303 e. The topological polar surface area (TPSA) is 74.6 Å². The molecule has 4 nitrogen and oxygen atoms in total. The molecule has 0 aromatic rings. The Kier molecular flexibility index (Phi) is 8.75. The first-order chi connectivity index (χ1) is 13.0. The Hall–Kier alpha value is -1.42. The lowest BCUT2D eigenvalue weighted by molar-refractivity contribution is -0.137. The molecule has 3 atom stereocenters. The van der Waals surface area contributed by atoms with E-state index in [1.807, 2.05) is 13.0 Å². The molecule has 2 fully saturated rings. The lowest BCUT2D eigenvalue weighted by atomic mass is 9.63. The van der Waals surface area contributed by atoms with Gasteiger partial charge in [0.15, 0.2) is 0 Å². The Morgan fingerprint density at radius 1 is 1.26 bits per heavy atom. The van der Waals surface area contributed by atoms with Crippen LogP contribution in [-0.4, -0.2) is 28.1 Å². The smallest absolute Gasteiger partial charge is 0.303 e. The minimum atomic E-state index is -0.733. The summed E-state index contributed by atoms with van der Waals surface area (Å²) in [7, 11) is 0. The van der Waals surface area contributed by atoms with E-state index in [1.54, 1.807) is 0 Å². The molecular formula is C23H36O4. The first kappa shape index (κ1) is 21.9. The van der Waals surface area contributed by atoms with E-state index in [9.17, 15) is 14.7 Å². The standard InChI is InChI=1S/C23H36O4/c1-2-3-15-23(16-8-17-23)21(25)14-12-18-11-13-20(24)19(18)9-6-4-5-7-10-22(26)27/h2-3,12,14,18-19,21,25H,4-11,13,15-17H2,1H3,(H,26,27)/t18-,19-,21?/m1/s1. The summed E-state index contributed by atoms with van der Waals surface area (Å²) in [5.74, 6) is -0.0360. The molecule has 0 bridgehead atoms. The second-order valence-corrected chi connectivity index (χ2v) is 8.44. The van der Waals surface area contributed by atoms with Gasteiger partial charge in [-0.05, 0) is 51.4 Å². The summed E-state index contributed by atoms with van der Waals surface area (Å²) < 4.78 is 0. The fourth-order valence-electron chi connectivity index (χ4n) is 4.59. The van der Waals surface area contributed by atoms with Crippen molar-refractivity contribution in [3.05, 3.63) is 24.3 Å². The number of carboxylic acids is 1. The number of aliphatic carboxylic acids is 1.